The zero-order valence-corrected chi connectivity index (χ0v) is 10.4. The maximum atomic E-state index is 12.2. The van der Waals surface area contributed by atoms with Crippen LogP contribution in [-0.2, 0) is 0 Å². The topological polar surface area (TPSA) is 57.0 Å². The highest BCUT2D eigenvalue weighted by Crippen LogP contribution is 2.18. The van der Waals surface area contributed by atoms with Crippen LogP contribution in [0.25, 0.3) is 0 Å². The number of pyridine rings is 1. The predicted octanol–water partition coefficient (Wildman–Crippen LogP) is 1.53. The summed E-state index contributed by atoms with van der Waals surface area (Å²) in [5.41, 5.74) is 0.895. The first-order valence-electron chi connectivity index (χ1n) is 5.47. The van der Waals surface area contributed by atoms with E-state index in [-0.39, 0.29) is 11.9 Å². The van der Waals surface area contributed by atoms with Gasteiger partial charge < -0.3 is 4.90 Å². The van der Waals surface area contributed by atoms with Crippen molar-refractivity contribution in [2.45, 2.75) is 13.0 Å². The van der Waals surface area contributed by atoms with Gasteiger partial charge in [-0.3, -0.25) is 4.79 Å². The fourth-order valence-corrected chi connectivity index (χ4v) is 2.78. The third kappa shape index (κ3) is 2.59. The van der Waals surface area contributed by atoms with Gasteiger partial charge in [-0.2, -0.15) is 17.0 Å². The number of hydrogen-bond acceptors (Lipinski definition) is 4. The van der Waals surface area contributed by atoms with Crippen LogP contribution in [0.1, 0.15) is 23.0 Å². The second kappa shape index (κ2) is 5.19. The summed E-state index contributed by atoms with van der Waals surface area (Å²) in [6.07, 6.45) is 1.44. The van der Waals surface area contributed by atoms with Gasteiger partial charge in [-0.05, 0) is 19.1 Å². The molecule has 1 saturated heterocycles. The SMILES string of the molecule is CC1CSCCN1C(=O)c1ccc(C#N)cn1. The Kier molecular flexibility index (Phi) is 3.64. The molecule has 0 radical (unpaired) electrons. The molecule has 88 valence electrons. The largest absolute Gasteiger partial charge is 0.333 e. The Labute approximate surface area is 105 Å². The molecule has 2 heterocycles. The fourth-order valence-electron chi connectivity index (χ4n) is 1.76. The summed E-state index contributed by atoms with van der Waals surface area (Å²) in [6, 6.07) is 5.49. The molecule has 1 aromatic rings. The zero-order chi connectivity index (χ0) is 12.3. The minimum atomic E-state index is -0.0395. The molecule has 0 aromatic carbocycles. The summed E-state index contributed by atoms with van der Waals surface area (Å²) in [4.78, 5) is 18.1. The van der Waals surface area contributed by atoms with Crippen LogP contribution in [0, 0.1) is 11.3 Å². The van der Waals surface area contributed by atoms with Gasteiger partial charge in [0.05, 0.1) is 5.56 Å². The van der Waals surface area contributed by atoms with Crippen LogP contribution in [0.15, 0.2) is 18.3 Å². The van der Waals surface area contributed by atoms with Crippen LogP contribution >= 0.6 is 11.8 Å². The molecule has 1 unspecified atom stereocenters. The number of rotatable bonds is 1. The van der Waals surface area contributed by atoms with E-state index in [1.165, 1.54) is 6.20 Å². The number of amides is 1. The molecule has 17 heavy (non-hydrogen) atoms. The second-order valence-electron chi connectivity index (χ2n) is 3.97. The average molecular weight is 247 g/mol. The third-order valence-corrected chi connectivity index (χ3v) is 3.93. The first-order chi connectivity index (χ1) is 8.22. The van der Waals surface area contributed by atoms with Crippen LogP contribution in [0.4, 0.5) is 0 Å². The van der Waals surface area contributed by atoms with Crippen molar-refractivity contribution in [3.05, 3.63) is 29.6 Å². The van der Waals surface area contributed by atoms with E-state index in [1.54, 1.807) is 12.1 Å². The van der Waals surface area contributed by atoms with E-state index in [0.29, 0.717) is 11.3 Å². The first kappa shape index (κ1) is 11.9. The van der Waals surface area contributed by atoms with Gasteiger partial charge in [0.1, 0.15) is 11.8 Å². The minimum absolute atomic E-state index is 0.0395. The quantitative estimate of drug-likeness (QED) is 0.755. The number of carbonyl (C=O) groups excluding carboxylic acids is 1. The molecule has 0 bridgehead atoms. The molecule has 1 aliphatic heterocycles. The molecule has 1 aliphatic rings. The van der Waals surface area contributed by atoms with Crippen LogP contribution in [0.5, 0.6) is 0 Å². The molecule has 4 nitrogen and oxygen atoms in total. The van der Waals surface area contributed by atoms with E-state index in [4.69, 9.17) is 5.26 Å². The monoisotopic (exact) mass is 247 g/mol. The van der Waals surface area contributed by atoms with Crippen molar-refractivity contribution >= 4 is 17.7 Å². The Morgan fingerprint density at radius 3 is 3.06 bits per heavy atom. The molecule has 1 atom stereocenters. The highest BCUT2D eigenvalue weighted by atomic mass is 32.2. The summed E-state index contributed by atoms with van der Waals surface area (Å²) in [6.45, 7) is 2.82. The fraction of sp³-hybridized carbons (Fsp3) is 0.417. The van der Waals surface area contributed by atoms with Crippen molar-refractivity contribution in [2.75, 3.05) is 18.1 Å². The Morgan fingerprint density at radius 2 is 2.47 bits per heavy atom. The Morgan fingerprint density at radius 1 is 1.65 bits per heavy atom. The second-order valence-corrected chi connectivity index (χ2v) is 5.12. The normalized spacial score (nSPS) is 19.8. The van der Waals surface area contributed by atoms with E-state index in [0.717, 1.165) is 18.1 Å². The lowest BCUT2D eigenvalue weighted by Gasteiger charge is -2.32. The number of carbonyl (C=O) groups is 1. The molecule has 0 aliphatic carbocycles. The van der Waals surface area contributed by atoms with Crippen molar-refractivity contribution < 1.29 is 4.79 Å². The minimum Gasteiger partial charge on any atom is -0.333 e. The van der Waals surface area contributed by atoms with Gasteiger partial charge >= 0.3 is 0 Å². The lowest BCUT2D eigenvalue weighted by Crippen LogP contribution is -2.44. The molecule has 0 N–H and O–H groups in total. The van der Waals surface area contributed by atoms with E-state index in [1.807, 2.05) is 29.7 Å². The highest BCUT2D eigenvalue weighted by molar-refractivity contribution is 7.99. The average Bonchev–Trinajstić information content (AvgIpc) is 2.39. The summed E-state index contributed by atoms with van der Waals surface area (Å²) < 4.78 is 0. The lowest BCUT2D eigenvalue weighted by atomic mass is 10.2. The lowest BCUT2D eigenvalue weighted by molar-refractivity contribution is 0.0710. The molecule has 5 heteroatoms. The Balaban J connectivity index is 2.15. The Hall–Kier alpha value is -1.54. The highest BCUT2D eigenvalue weighted by Gasteiger charge is 2.25. The van der Waals surface area contributed by atoms with E-state index >= 15 is 0 Å². The zero-order valence-electron chi connectivity index (χ0n) is 9.59. The van der Waals surface area contributed by atoms with Crippen molar-refractivity contribution in [2.24, 2.45) is 0 Å². The maximum Gasteiger partial charge on any atom is 0.272 e. The molecule has 1 aromatic heterocycles. The van der Waals surface area contributed by atoms with E-state index in [9.17, 15) is 4.79 Å². The molecule has 0 saturated carbocycles. The smallest absolute Gasteiger partial charge is 0.272 e. The van der Waals surface area contributed by atoms with Crippen LogP contribution in [0.2, 0.25) is 0 Å². The van der Waals surface area contributed by atoms with Crippen LogP contribution in [0.3, 0.4) is 0 Å². The summed E-state index contributed by atoms with van der Waals surface area (Å²) in [5, 5.41) is 8.67. The molecule has 1 fully saturated rings. The predicted molar refractivity (Wildman–Crippen MR) is 66.8 cm³/mol. The standard InChI is InChI=1S/C12H13N3OS/c1-9-8-17-5-4-15(9)12(16)11-3-2-10(6-13)7-14-11/h2-3,7,9H,4-5,8H2,1H3. The summed E-state index contributed by atoms with van der Waals surface area (Å²) >= 11 is 1.87. The molecule has 0 spiro atoms. The first-order valence-corrected chi connectivity index (χ1v) is 6.62. The van der Waals surface area contributed by atoms with Gasteiger partial charge in [0.2, 0.25) is 0 Å². The summed E-state index contributed by atoms with van der Waals surface area (Å²) in [5.74, 6) is 1.91. The van der Waals surface area contributed by atoms with Gasteiger partial charge in [-0.1, -0.05) is 0 Å². The molecular formula is C12H13N3OS. The van der Waals surface area contributed by atoms with Crippen molar-refractivity contribution in [3.8, 4) is 6.07 Å². The van der Waals surface area contributed by atoms with Crippen LogP contribution < -0.4 is 0 Å². The number of thioether (sulfide) groups is 1. The molecular weight excluding hydrogens is 234 g/mol. The van der Waals surface area contributed by atoms with Crippen molar-refractivity contribution in [3.63, 3.8) is 0 Å². The number of hydrogen-bond donors (Lipinski definition) is 0. The number of nitrogens with zero attached hydrogens (tertiary/aromatic N) is 3. The third-order valence-electron chi connectivity index (χ3n) is 2.74. The number of aromatic nitrogens is 1. The van der Waals surface area contributed by atoms with Gasteiger partial charge in [0, 0.05) is 30.3 Å². The number of nitriles is 1. The van der Waals surface area contributed by atoms with Gasteiger partial charge in [0.25, 0.3) is 5.91 Å². The van der Waals surface area contributed by atoms with Crippen molar-refractivity contribution in [1.82, 2.24) is 9.88 Å². The Bertz CT molecular complexity index is 452. The molecule has 1 amide bonds. The maximum absolute atomic E-state index is 12.2. The summed E-state index contributed by atoms with van der Waals surface area (Å²) in [7, 11) is 0. The van der Waals surface area contributed by atoms with Gasteiger partial charge in [0.15, 0.2) is 0 Å². The van der Waals surface area contributed by atoms with Gasteiger partial charge in [-0.15, -0.1) is 0 Å². The van der Waals surface area contributed by atoms with Crippen molar-refractivity contribution in [1.29, 1.82) is 5.26 Å². The molecule has 2 rings (SSSR count). The van der Waals surface area contributed by atoms with E-state index in [2.05, 4.69) is 4.98 Å². The van der Waals surface area contributed by atoms with Crippen LogP contribution in [-0.4, -0.2) is 39.9 Å². The van der Waals surface area contributed by atoms with Gasteiger partial charge in [-0.25, -0.2) is 4.98 Å². The van der Waals surface area contributed by atoms with E-state index < -0.39 is 0 Å².